The fourth-order valence-corrected chi connectivity index (χ4v) is 4.60. The van der Waals surface area contributed by atoms with E-state index in [0.717, 1.165) is 36.3 Å². The second-order valence-corrected chi connectivity index (χ2v) is 6.66. The van der Waals surface area contributed by atoms with Crippen LogP contribution in [0.15, 0.2) is 30.5 Å². The third-order valence-electron chi connectivity index (χ3n) is 5.58. The minimum absolute atomic E-state index is 0.222. The fraction of sp³-hybridized carbons (Fsp3) is 0.389. The Balaban J connectivity index is 1.77. The van der Waals surface area contributed by atoms with Crippen molar-refractivity contribution in [3.8, 4) is 11.5 Å². The molecule has 22 heavy (non-hydrogen) atoms. The predicted octanol–water partition coefficient (Wildman–Crippen LogP) is 3.18. The van der Waals surface area contributed by atoms with Crippen molar-refractivity contribution in [2.75, 3.05) is 6.79 Å². The quantitative estimate of drug-likeness (QED) is 0.690. The van der Waals surface area contributed by atoms with Crippen molar-refractivity contribution in [3.05, 3.63) is 41.6 Å². The van der Waals surface area contributed by atoms with Gasteiger partial charge in [-0.3, -0.25) is 4.79 Å². The van der Waals surface area contributed by atoms with Gasteiger partial charge in [0.2, 0.25) is 12.7 Å². The third kappa shape index (κ3) is 1.35. The highest BCUT2D eigenvalue weighted by atomic mass is 16.7. The highest BCUT2D eigenvalue weighted by molar-refractivity contribution is 5.85. The Morgan fingerprint density at radius 1 is 1.27 bits per heavy atom. The molecule has 1 aromatic carbocycles. The van der Waals surface area contributed by atoms with Crippen molar-refractivity contribution in [3.63, 3.8) is 0 Å². The van der Waals surface area contributed by atoms with Crippen LogP contribution in [0.1, 0.15) is 36.8 Å². The summed E-state index contributed by atoms with van der Waals surface area (Å²) >= 11 is 0. The molecule has 3 heterocycles. The lowest BCUT2D eigenvalue weighted by Gasteiger charge is -2.47. The summed E-state index contributed by atoms with van der Waals surface area (Å²) in [5.74, 6) is 2.16. The molecule has 112 valence electrons. The molecule has 0 unspecified atom stereocenters. The number of fused-ring (bicyclic) bond motifs is 2. The van der Waals surface area contributed by atoms with Crippen LogP contribution in [0, 0.1) is 5.92 Å². The Bertz CT molecular complexity index is 751. The predicted molar refractivity (Wildman–Crippen MR) is 81.2 cm³/mol. The van der Waals surface area contributed by atoms with Gasteiger partial charge in [-0.25, -0.2) is 0 Å². The average molecular weight is 295 g/mol. The summed E-state index contributed by atoms with van der Waals surface area (Å²) < 4.78 is 11.1. The van der Waals surface area contributed by atoms with E-state index in [4.69, 9.17) is 9.47 Å². The van der Waals surface area contributed by atoms with Crippen LogP contribution in [0.2, 0.25) is 0 Å². The molecule has 3 aliphatic heterocycles. The normalized spacial score (nSPS) is 31.1. The van der Waals surface area contributed by atoms with Crippen LogP contribution >= 0.6 is 0 Å². The first-order valence-electron chi connectivity index (χ1n) is 7.79. The van der Waals surface area contributed by atoms with E-state index in [9.17, 15) is 4.79 Å². The number of hydrogen-bond donors (Lipinski definition) is 0. The Labute approximate surface area is 129 Å². The lowest BCUT2D eigenvalue weighted by atomic mass is 9.66. The van der Waals surface area contributed by atoms with Crippen LogP contribution in [0.3, 0.4) is 0 Å². The summed E-state index contributed by atoms with van der Waals surface area (Å²) in [7, 11) is 0. The lowest BCUT2D eigenvalue weighted by molar-refractivity contribution is -0.128. The van der Waals surface area contributed by atoms with E-state index in [1.54, 1.807) is 0 Å². The van der Waals surface area contributed by atoms with Crippen LogP contribution in [0.4, 0.5) is 0 Å². The Morgan fingerprint density at radius 3 is 2.95 bits per heavy atom. The van der Waals surface area contributed by atoms with Gasteiger partial charge in [0, 0.05) is 12.6 Å². The van der Waals surface area contributed by atoms with E-state index >= 15 is 0 Å². The molecule has 1 saturated carbocycles. The monoisotopic (exact) mass is 295 g/mol. The number of ether oxygens (including phenoxy) is 2. The van der Waals surface area contributed by atoms with Crippen LogP contribution in [-0.4, -0.2) is 17.6 Å². The molecule has 2 atom stereocenters. The van der Waals surface area contributed by atoms with Crippen molar-refractivity contribution >= 4 is 12.0 Å². The van der Waals surface area contributed by atoms with E-state index < -0.39 is 0 Å². The minimum atomic E-state index is -0.266. The van der Waals surface area contributed by atoms with Gasteiger partial charge in [-0.1, -0.05) is 12.2 Å². The van der Waals surface area contributed by atoms with E-state index in [-0.39, 0.29) is 18.2 Å². The zero-order valence-electron chi connectivity index (χ0n) is 12.3. The molecular formula is C18H17NO3. The second kappa shape index (κ2) is 3.94. The lowest BCUT2D eigenvalue weighted by Crippen LogP contribution is -2.47. The standard InChI is InChI=1S/C18H17NO3/c1-11-2-3-13-7-17(20)19-5-4-12-6-15-16(22-10-21-15)8-14(12)18(13,19)9-11/h4-6,8,13H,1-3,7,9-10H2/t13-,18-/m0/s1. The SMILES string of the molecule is C=C1CC[C@H]2CC(=O)N3C=Cc4cc5c(cc4[C@]23C1)OCO5. The molecular weight excluding hydrogens is 278 g/mol. The van der Waals surface area contributed by atoms with Crippen molar-refractivity contribution in [1.82, 2.24) is 4.90 Å². The molecule has 4 nitrogen and oxygen atoms in total. The average Bonchev–Trinajstić information content (AvgIpc) is 3.06. The van der Waals surface area contributed by atoms with Gasteiger partial charge in [0.05, 0.1) is 5.54 Å². The number of benzene rings is 1. The Morgan fingerprint density at radius 2 is 2.09 bits per heavy atom. The number of rotatable bonds is 0. The van der Waals surface area contributed by atoms with Crippen LogP contribution in [0.5, 0.6) is 11.5 Å². The van der Waals surface area contributed by atoms with Crippen molar-refractivity contribution in [1.29, 1.82) is 0 Å². The number of hydrogen-bond acceptors (Lipinski definition) is 3. The van der Waals surface area contributed by atoms with Crippen LogP contribution in [-0.2, 0) is 10.3 Å². The molecule has 1 amide bonds. The van der Waals surface area contributed by atoms with Crippen molar-refractivity contribution in [2.24, 2.45) is 5.92 Å². The maximum absolute atomic E-state index is 12.5. The third-order valence-corrected chi connectivity index (χ3v) is 5.58. The number of amides is 1. The smallest absolute Gasteiger partial charge is 0.231 e. The first kappa shape index (κ1) is 12.3. The Hall–Kier alpha value is -2.23. The molecule has 4 aliphatic rings. The molecule has 0 N–H and O–H groups in total. The van der Waals surface area contributed by atoms with E-state index in [0.29, 0.717) is 12.3 Å². The number of carbonyl (C=O) groups excluding carboxylic acids is 1. The van der Waals surface area contributed by atoms with Gasteiger partial charge < -0.3 is 14.4 Å². The highest BCUT2D eigenvalue weighted by Gasteiger charge is 2.56. The first-order valence-corrected chi connectivity index (χ1v) is 7.79. The summed E-state index contributed by atoms with van der Waals surface area (Å²) in [6, 6.07) is 4.12. The van der Waals surface area contributed by atoms with Gasteiger partial charge in [-0.05, 0) is 54.5 Å². The van der Waals surface area contributed by atoms with Crippen molar-refractivity contribution < 1.29 is 14.3 Å². The summed E-state index contributed by atoms with van der Waals surface area (Å²) in [4.78, 5) is 14.5. The fourth-order valence-electron chi connectivity index (χ4n) is 4.60. The molecule has 2 fully saturated rings. The van der Waals surface area contributed by atoms with E-state index in [1.165, 1.54) is 11.1 Å². The Kier molecular flexibility index (Phi) is 2.21. The van der Waals surface area contributed by atoms with Gasteiger partial charge in [0.25, 0.3) is 0 Å². The molecule has 1 saturated heterocycles. The van der Waals surface area contributed by atoms with Gasteiger partial charge in [0.15, 0.2) is 11.5 Å². The molecule has 0 bridgehead atoms. The minimum Gasteiger partial charge on any atom is -0.454 e. The molecule has 1 spiro atoms. The largest absolute Gasteiger partial charge is 0.454 e. The molecule has 0 aromatic heterocycles. The van der Waals surface area contributed by atoms with Crippen LogP contribution < -0.4 is 9.47 Å². The molecule has 1 aromatic rings. The maximum atomic E-state index is 12.5. The molecule has 1 aliphatic carbocycles. The van der Waals surface area contributed by atoms with Crippen LogP contribution in [0.25, 0.3) is 6.08 Å². The van der Waals surface area contributed by atoms with Gasteiger partial charge in [-0.15, -0.1) is 0 Å². The maximum Gasteiger partial charge on any atom is 0.231 e. The topological polar surface area (TPSA) is 38.8 Å². The van der Waals surface area contributed by atoms with E-state index in [2.05, 4.69) is 12.6 Å². The van der Waals surface area contributed by atoms with Crippen molar-refractivity contribution in [2.45, 2.75) is 31.2 Å². The number of nitrogens with zero attached hydrogens (tertiary/aromatic N) is 1. The summed E-state index contributed by atoms with van der Waals surface area (Å²) in [6.45, 7) is 4.48. The van der Waals surface area contributed by atoms with Gasteiger partial charge >= 0.3 is 0 Å². The van der Waals surface area contributed by atoms with Gasteiger partial charge in [-0.2, -0.15) is 0 Å². The zero-order valence-corrected chi connectivity index (χ0v) is 12.3. The summed E-state index contributed by atoms with van der Waals surface area (Å²) in [5, 5.41) is 0. The molecule has 4 heteroatoms. The summed E-state index contributed by atoms with van der Waals surface area (Å²) in [6.07, 6.45) is 7.50. The summed E-state index contributed by atoms with van der Waals surface area (Å²) in [5.41, 5.74) is 3.29. The highest BCUT2D eigenvalue weighted by Crippen LogP contribution is 2.57. The number of carbonyl (C=O) groups is 1. The second-order valence-electron chi connectivity index (χ2n) is 6.66. The molecule has 5 rings (SSSR count). The first-order chi connectivity index (χ1) is 10.7. The van der Waals surface area contributed by atoms with E-state index in [1.807, 2.05) is 23.2 Å². The molecule has 0 radical (unpaired) electrons. The van der Waals surface area contributed by atoms with Gasteiger partial charge in [0.1, 0.15) is 0 Å². The zero-order chi connectivity index (χ0) is 14.9.